The van der Waals surface area contributed by atoms with Crippen molar-refractivity contribution < 1.29 is 0 Å². The summed E-state index contributed by atoms with van der Waals surface area (Å²) in [6.45, 7) is 8.87. The number of rotatable bonds is 4. The van der Waals surface area contributed by atoms with Crippen molar-refractivity contribution in [2.75, 3.05) is 4.90 Å². The normalized spacial score (nSPS) is 21.4. The van der Waals surface area contributed by atoms with E-state index in [-0.39, 0.29) is 12.1 Å². The Morgan fingerprint density at radius 2 is 1.75 bits per heavy atom. The minimum atomic E-state index is 0.00263. The summed E-state index contributed by atoms with van der Waals surface area (Å²) in [6.07, 6.45) is 7.09. The van der Waals surface area contributed by atoms with Gasteiger partial charge in [-0.1, -0.05) is 25.0 Å². The van der Waals surface area contributed by atoms with Gasteiger partial charge in [-0.3, -0.25) is 4.98 Å². The zero-order chi connectivity index (χ0) is 22.4. The largest absolute Gasteiger partial charge is 0.351 e. The van der Waals surface area contributed by atoms with Gasteiger partial charge in [0.1, 0.15) is 0 Å². The number of benzene rings is 1. The molecular formula is C27H32N4S. The van der Waals surface area contributed by atoms with Gasteiger partial charge in [0, 0.05) is 29.3 Å². The first kappa shape index (κ1) is 21.2. The van der Waals surface area contributed by atoms with Gasteiger partial charge in [-0.25, -0.2) is 0 Å². The van der Waals surface area contributed by atoms with Gasteiger partial charge in [-0.15, -0.1) is 0 Å². The van der Waals surface area contributed by atoms with Gasteiger partial charge in [0.15, 0.2) is 5.11 Å². The molecule has 2 aromatic heterocycles. The third-order valence-electron chi connectivity index (χ3n) is 7.40. The lowest BCUT2D eigenvalue weighted by molar-refractivity contribution is 0.494. The Balaban J connectivity index is 1.65. The number of thiocarbonyl (C=S) groups is 1. The van der Waals surface area contributed by atoms with Gasteiger partial charge in [0.05, 0.1) is 17.8 Å². The van der Waals surface area contributed by atoms with Crippen LogP contribution in [0.5, 0.6) is 0 Å². The summed E-state index contributed by atoms with van der Waals surface area (Å²) in [5, 5.41) is 4.38. The SMILES string of the molecule is Cc1ccc(N2C(=S)N[C@H](c3ccccn3)[C@H]2c2cc(C)n(C3CCCC3)c2C)cc1C. The fourth-order valence-corrected chi connectivity index (χ4v) is 6.00. The van der Waals surface area contributed by atoms with Crippen molar-refractivity contribution in [2.45, 2.75) is 71.5 Å². The topological polar surface area (TPSA) is 33.1 Å². The van der Waals surface area contributed by atoms with Crippen molar-refractivity contribution in [3.8, 4) is 0 Å². The van der Waals surface area contributed by atoms with E-state index in [1.807, 2.05) is 12.3 Å². The Labute approximate surface area is 196 Å². The van der Waals surface area contributed by atoms with Gasteiger partial charge >= 0.3 is 0 Å². The van der Waals surface area contributed by atoms with E-state index in [0.717, 1.165) is 16.5 Å². The maximum absolute atomic E-state index is 5.92. The van der Waals surface area contributed by atoms with Crippen LogP contribution in [-0.2, 0) is 0 Å². The molecule has 0 bridgehead atoms. The van der Waals surface area contributed by atoms with Crippen LogP contribution in [-0.4, -0.2) is 14.7 Å². The second-order valence-corrected chi connectivity index (χ2v) is 9.79. The van der Waals surface area contributed by atoms with Crippen LogP contribution in [0.4, 0.5) is 5.69 Å². The number of anilines is 1. The molecular weight excluding hydrogens is 412 g/mol. The highest BCUT2D eigenvalue weighted by Gasteiger charge is 2.42. The van der Waals surface area contributed by atoms with E-state index in [9.17, 15) is 0 Å². The van der Waals surface area contributed by atoms with Crippen molar-refractivity contribution in [3.05, 3.63) is 82.4 Å². The van der Waals surface area contributed by atoms with Crippen LogP contribution in [0.1, 0.15) is 77.6 Å². The third-order valence-corrected chi connectivity index (χ3v) is 7.71. The molecule has 0 radical (unpaired) electrons. The second-order valence-electron chi connectivity index (χ2n) is 9.40. The summed E-state index contributed by atoms with van der Waals surface area (Å²) < 4.78 is 2.58. The maximum atomic E-state index is 5.92. The Bertz CT molecular complexity index is 1140. The molecule has 1 aromatic carbocycles. The summed E-state index contributed by atoms with van der Waals surface area (Å²) in [7, 11) is 0. The molecule has 1 aliphatic heterocycles. The molecule has 1 aliphatic carbocycles. The molecule has 3 aromatic rings. The van der Waals surface area contributed by atoms with E-state index < -0.39 is 0 Å². The summed E-state index contributed by atoms with van der Waals surface area (Å²) >= 11 is 5.92. The third kappa shape index (κ3) is 3.53. The van der Waals surface area contributed by atoms with Crippen LogP contribution in [0, 0.1) is 27.7 Å². The number of hydrogen-bond donors (Lipinski definition) is 1. The number of pyridine rings is 1. The fourth-order valence-electron chi connectivity index (χ4n) is 5.65. The first-order valence-electron chi connectivity index (χ1n) is 11.7. The van der Waals surface area contributed by atoms with Crippen LogP contribution < -0.4 is 10.2 Å². The van der Waals surface area contributed by atoms with E-state index in [4.69, 9.17) is 17.2 Å². The summed E-state index contributed by atoms with van der Waals surface area (Å²) in [5.41, 5.74) is 8.79. The fraction of sp³-hybridized carbons (Fsp3) is 0.407. The minimum absolute atomic E-state index is 0.00263. The minimum Gasteiger partial charge on any atom is -0.351 e. The molecule has 5 rings (SSSR count). The maximum Gasteiger partial charge on any atom is 0.174 e. The molecule has 5 heteroatoms. The number of hydrogen-bond acceptors (Lipinski definition) is 2. The van der Waals surface area contributed by atoms with Gasteiger partial charge in [-0.2, -0.15) is 0 Å². The van der Waals surface area contributed by atoms with E-state index in [2.05, 4.69) is 78.9 Å². The van der Waals surface area contributed by atoms with Gasteiger partial charge < -0.3 is 14.8 Å². The first-order chi connectivity index (χ1) is 15.5. The van der Waals surface area contributed by atoms with E-state index in [1.165, 1.54) is 53.8 Å². The molecule has 4 nitrogen and oxygen atoms in total. The molecule has 2 aliphatic rings. The van der Waals surface area contributed by atoms with Gasteiger partial charge in [-0.05, 0) is 99.8 Å². The smallest absolute Gasteiger partial charge is 0.174 e. The monoisotopic (exact) mass is 444 g/mol. The average Bonchev–Trinajstić information content (AvgIpc) is 3.49. The highest BCUT2D eigenvalue weighted by Crippen LogP contribution is 2.45. The van der Waals surface area contributed by atoms with Gasteiger partial charge in [0.25, 0.3) is 0 Å². The van der Waals surface area contributed by atoms with Gasteiger partial charge in [0.2, 0.25) is 0 Å². The molecule has 0 unspecified atom stereocenters. The van der Waals surface area contributed by atoms with Crippen molar-refractivity contribution in [1.82, 2.24) is 14.9 Å². The standard InChI is InChI=1S/C27H32N4S/c1-17-12-13-22(15-18(17)2)31-26(25(29-27(31)32)24-11-7-8-14-28-24)23-16-19(3)30(20(23)4)21-9-5-6-10-21/h7-8,11-16,21,25-26H,5-6,9-10H2,1-4H3,(H,29,32)/t25-,26-/m1/s1. The van der Waals surface area contributed by atoms with Crippen LogP contribution >= 0.6 is 12.2 Å². The van der Waals surface area contributed by atoms with Crippen molar-refractivity contribution in [1.29, 1.82) is 0 Å². The Hall–Kier alpha value is -2.66. The van der Waals surface area contributed by atoms with Crippen LogP contribution in [0.25, 0.3) is 0 Å². The van der Waals surface area contributed by atoms with Crippen LogP contribution in [0.2, 0.25) is 0 Å². The lowest BCUT2D eigenvalue weighted by Crippen LogP contribution is -2.29. The molecule has 1 saturated heterocycles. The van der Waals surface area contributed by atoms with Crippen molar-refractivity contribution in [3.63, 3.8) is 0 Å². The van der Waals surface area contributed by atoms with E-state index in [0.29, 0.717) is 6.04 Å². The molecule has 1 N–H and O–H groups in total. The predicted molar refractivity (Wildman–Crippen MR) is 135 cm³/mol. The molecule has 1 saturated carbocycles. The zero-order valence-electron chi connectivity index (χ0n) is 19.4. The van der Waals surface area contributed by atoms with Crippen LogP contribution in [0.15, 0.2) is 48.7 Å². The second kappa shape index (κ2) is 8.36. The quantitative estimate of drug-likeness (QED) is 0.472. The molecule has 0 amide bonds. The summed E-state index contributed by atoms with van der Waals surface area (Å²) in [6, 6.07) is 15.8. The molecule has 2 fully saturated rings. The molecule has 2 atom stereocenters. The molecule has 166 valence electrons. The number of aromatic nitrogens is 2. The molecule has 3 heterocycles. The van der Waals surface area contributed by atoms with E-state index in [1.54, 1.807) is 0 Å². The summed E-state index contributed by atoms with van der Waals surface area (Å²) in [5.74, 6) is 0. The van der Waals surface area contributed by atoms with Crippen LogP contribution in [0.3, 0.4) is 0 Å². The van der Waals surface area contributed by atoms with Crippen molar-refractivity contribution in [2.24, 2.45) is 0 Å². The number of aryl methyl sites for hydroxylation is 3. The van der Waals surface area contributed by atoms with E-state index >= 15 is 0 Å². The predicted octanol–water partition coefficient (Wildman–Crippen LogP) is 6.41. The van der Waals surface area contributed by atoms with Crippen molar-refractivity contribution >= 4 is 23.0 Å². The Morgan fingerprint density at radius 3 is 2.44 bits per heavy atom. The first-order valence-corrected chi connectivity index (χ1v) is 12.1. The lowest BCUT2D eigenvalue weighted by Gasteiger charge is -2.29. The number of nitrogens with one attached hydrogen (secondary N) is 1. The summed E-state index contributed by atoms with van der Waals surface area (Å²) in [4.78, 5) is 7.02. The molecule has 32 heavy (non-hydrogen) atoms. The zero-order valence-corrected chi connectivity index (χ0v) is 20.2. The molecule has 0 spiro atoms. The highest BCUT2D eigenvalue weighted by molar-refractivity contribution is 7.80. The lowest BCUT2D eigenvalue weighted by atomic mass is 9.96. The Morgan fingerprint density at radius 1 is 0.969 bits per heavy atom. The number of nitrogens with zero attached hydrogens (tertiary/aromatic N) is 3. The average molecular weight is 445 g/mol. The Kier molecular flexibility index (Phi) is 5.54. The highest BCUT2D eigenvalue weighted by atomic mass is 32.1.